The molecule has 0 aliphatic heterocycles. The zero-order chi connectivity index (χ0) is 20.2. The Morgan fingerprint density at radius 2 is 1.27 bits per heavy atom. The van der Waals surface area contributed by atoms with Gasteiger partial charge in [-0.2, -0.15) is 17.6 Å². The summed E-state index contributed by atoms with van der Waals surface area (Å²) in [5, 5.41) is 3.19. The van der Waals surface area contributed by atoms with Crippen LogP contribution in [0.25, 0.3) is 0 Å². The van der Waals surface area contributed by atoms with Crippen molar-refractivity contribution in [1.82, 2.24) is 0 Å². The molecule has 0 aliphatic rings. The summed E-state index contributed by atoms with van der Waals surface area (Å²) in [6.45, 7) is 0. The van der Waals surface area contributed by atoms with E-state index in [0.29, 0.717) is 10.2 Å². The zero-order valence-electron chi connectivity index (χ0n) is 12.3. The number of hydrogen-bond acceptors (Lipinski definition) is 4. The Bertz CT molecular complexity index is 810. The van der Waals surface area contributed by atoms with E-state index >= 15 is 0 Å². The van der Waals surface area contributed by atoms with Gasteiger partial charge in [-0.1, -0.05) is 31.9 Å². The topological polar surface area (TPSA) is 63.6 Å². The highest BCUT2D eigenvalue weighted by atomic mass is 79.9. The third-order valence-corrected chi connectivity index (χ3v) is 5.02. The minimum Gasteiger partial charge on any atom is -0.508 e. The van der Waals surface area contributed by atoms with Crippen LogP contribution in [0, 0.1) is 0 Å². The van der Waals surface area contributed by atoms with E-state index < -0.39 is 26.2 Å². The molecular formula is C14H9Br2ClF4O4S. The van der Waals surface area contributed by atoms with E-state index in [1.807, 2.05) is 0 Å². The molecular weight excluding hydrogens is 535 g/mol. The SMILES string of the molecule is O=S(=O)(Cl)C(F)(F)C(F)(F)Oc1ccc(Br)cc1.Oc1ccc(Br)cc1. The van der Waals surface area contributed by atoms with Gasteiger partial charge in [-0.05, 0) is 48.5 Å². The monoisotopic (exact) mass is 542 g/mol. The van der Waals surface area contributed by atoms with Gasteiger partial charge in [-0.15, -0.1) is 0 Å². The predicted molar refractivity (Wildman–Crippen MR) is 95.2 cm³/mol. The molecule has 2 rings (SSSR count). The molecule has 0 radical (unpaired) electrons. The maximum atomic E-state index is 13.0. The summed E-state index contributed by atoms with van der Waals surface area (Å²) in [4.78, 5) is 0. The molecule has 0 heterocycles. The molecule has 0 bridgehead atoms. The second kappa shape index (κ2) is 8.77. The first-order valence-electron chi connectivity index (χ1n) is 6.35. The highest BCUT2D eigenvalue weighted by Crippen LogP contribution is 2.42. The first-order valence-corrected chi connectivity index (χ1v) is 10.2. The summed E-state index contributed by atoms with van der Waals surface area (Å²) in [7, 11) is -1.58. The largest absolute Gasteiger partial charge is 0.508 e. The summed E-state index contributed by atoms with van der Waals surface area (Å²) in [6.07, 6.45) is -5.29. The molecule has 0 saturated carbocycles. The molecule has 0 aromatic heterocycles. The van der Waals surface area contributed by atoms with Crippen molar-refractivity contribution in [3.63, 3.8) is 0 Å². The zero-order valence-corrected chi connectivity index (χ0v) is 17.1. The maximum Gasteiger partial charge on any atom is 0.481 e. The van der Waals surface area contributed by atoms with Crippen LogP contribution in [0.1, 0.15) is 0 Å². The Morgan fingerprint density at radius 3 is 1.62 bits per heavy atom. The van der Waals surface area contributed by atoms with E-state index in [4.69, 9.17) is 5.11 Å². The van der Waals surface area contributed by atoms with Gasteiger partial charge in [0.1, 0.15) is 11.5 Å². The van der Waals surface area contributed by atoms with Crippen molar-refractivity contribution in [3.8, 4) is 11.5 Å². The van der Waals surface area contributed by atoms with Crippen molar-refractivity contribution in [2.45, 2.75) is 11.4 Å². The van der Waals surface area contributed by atoms with Crippen LogP contribution in [0.2, 0.25) is 0 Å². The minimum absolute atomic E-state index is 0.299. The van der Waals surface area contributed by atoms with Gasteiger partial charge in [0, 0.05) is 19.6 Å². The molecule has 4 nitrogen and oxygen atoms in total. The second-order valence-electron chi connectivity index (χ2n) is 4.50. The molecule has 0 amide bonds. The Morgan fingerprint density at radius 1 is 0.885 bits per heavy atom. The normalized spacial score (nSPS) is 12.1. The molecule has 0 spiro atoms. The van der Waals surface area contributed by atoms with E-state index in [2.05, 4.69) is 47.3 Å². The van der Waals surface area contributed by atoms with Gasteiger partial charge in [0.05, 0.1) is 0 Å². The van der Waals surface area contributed by atoms with Crippen molar-refractivity contribution >= 4 is 51.6 Å². The quantitative estimate of drug-likeness (QED) is 0.394. The molecule has 1 N–H and O–H groups in total. The minimum atomic E-state index is -5.83. The molecule has 144 valence electrons. The predicted octanol–water partition coefficient (Wildman–Crippen LogP) is 5.74. The smallest absolute Gasteiger partial charge is 0.481 e. The Balaban J connectivity index is 0.000000350. The fourth-order valence-corrected chi connectivity index (χ4v) is 2.42. The maximum absolute atomic E-state index is 13.0. The van der Waals surface area contributed by atoms with E-state index in [-0.39, 0.29) is 0 Å². The number of aromatic hydroxyl groups is 1. The summed E-state index contributed by atoms with van der Waals surface area (Å²) in [5.41, 5.74) is 0. The number of alkyl halides is 4. The summed E-state index contributed by atoms with van der Waals surface area (Å²) in [6, 6.07) is 11.2. The average Bonchev–Trinajstić information content (AvgIpc) is 2.52. The lowest BCUT2D eigenvalue weighted by molar-refractivity contribution is -0.272. The van der Waals surface area contributed by atoms with Crippen LogP contribution in [0.3, 0.4) is 0 Å². The van der Waals surface area contributed by atoms with Crippen molar-refractivity contribution in [1.29, 1.82) is 0 Å². The van der Waals surface area contributed by atoms with E-state index in [1.165, 1.54) is 12.1 Å². The number of halogens is 7. The van der Waals surface area contributed by atoms with Gasteiger partial charge in [-0.3, -0.25) is 0 Å². The van der Waals surface area contributed by atoms with Crippen LogP contribution in [0.5, 0.6) is 11.5 Å². The number of phenolic OH excluding ortho intramolecular Hbond substituents is 1. The van der Waals surface area contributed by atoms with Crippen LogP contribution in [-0.4, -0.2) is 24.9 Å². The second-order valence-corrected chi connectivity index (χ2v) is 8.94. The van der Waals surface area contributed by atoms with E-state index in [9.17, 15) is 26.0 Å². The Hall–Kier alpha value is -1.04. The van der Waals surface area contributed by atoms with Gasteiger partial charge < -0.3 is 9.84 Å². The highest BCUT2D eigenvalue weighted by molar-refractivity contribution is 9.10. The average molecular weight is 545 g/mol. The molecule has 0 aliphatic carbocycles. The van der Waals surface area contributed by atoms with Crippen LogP contribution < -0.4 is 4.74 Å². The molecule has 0 unspecified atom stereocenters. The van der Waals surface area contributed by atoms with Crippen LogP contribution >= 0.6 is 42.5 Å². The number of phenols is 1. The van der Waals surface area contributed by atoms with Crippen LogP contribution in [-0.2, 0) is 9.05 Å². The Kier molecular flexibility index (Phi) is 7.75. The highest BCUT2D eigenvalue weighted by Gasteiger charge is 2.68. The van der Waals surface area contributed by atoms with Gasteiger partial charge in [0.2, 0.25) is 0 Å². The first-order chi connectivity index (χ1) is 11.8. The Labute approximate surface area is 167 Å². The third-order valence-electron chi connectivity index (χ3n) is 2.53. The molecule has 12 heteroatoms. The fraction of sp³-hybridized carbons (Fsp3) is 0.143. The molecule has 2 aromatic carbocycles. The van der Waals surface area contributed by atoms with Crippen LogP contribution in [0.15, 0.2) is 57.5 Å². The summed E-state index contributed by atoms with van der Waals surface area (Å²) in [5.74, 6) is -0.337. The fourth-order valence-electron chi connectivity index (χ4n) is 1.29. The van der Waals surface area contributed by atoms with Gasteiger partial charge >= 0.3 is 20.4 Å². The molecule has 26 heavy (non-hydrogen) atoms. The lowest BCUT2D eigenvalue weighted by Crippen LogP contribution is -2.49. The lowest BCUT2D eigenvalue weighted by Gasteiger charge is -2.23. The van der Waals surface area contributed by atoms with Gasteiger partial charge in [0.25, 0.3) is 0 Å². The molecule has 0 atom stereocenters. The lowest BCUT2D eigenvalue weighted by atomic mass is 10.3. The number of hydrogen-bond donors (Lipinski definition) is 1. The van der Waals surface area contributed by atoms with Crippen molar-refractivity contribution < 1.29 is 35.8 Å². The first kappa shape index (κ1) is 23.0. The molecule has 0 saturated heterocycles. The molecule has 2 aromatic rings. The third kappa shape index (κ3) is 6.29. The van der Waals surface area contributed by atoms with Crippen molar-refractivity contribution in [2.24, 2.45) is 0 Å². The van der Waals surface area contributed by atoms with Gasteiger partial charge in [-0.25, -0.2) is 8.42 Å². The standard InChI is InChI=1S/C8H4BrClF4O3S.C6H5BrO/c9-5-1-3-6(4-2-5)17-7(11,12)8(13,14)18(10,15)16;7-5-1-3-6(8)4-2-5/h1-4H;1-4,8H. The number of benzene rings is 2. The number of rotatable bonds is 4. The van der Waals surface area contributed by atoms with E-state index in [1.54, 1.807) is 24.3 Å². The number of ether oxygens (including phenoxy) is 1. The summed E-state index contributed by atoms with van der Waals surface area (Å²) < 4.78 is 77.8. The van der Waals surface area contributed by atoms with E-state index in [0.717, 1.165) is 16.6 Å². The van der Waals surface area contributed by atoms with Gasteiger partial charge in [0.15, 0.2) is 0 Å². The molecule has 0 fully saturated rings. The summed E-state index contributed by atoms with van der Waals surface area (Å²) >= 11 is 6.22. The van der Waals surface area contributed by atoms with Crippen molar-refractivity contribution in [2.75, 3.05) is 0 Å². The van der Waals surface area contributed by atoms with Crippen LogP contribution in [0.4, 0.5) is 17.6 Å². The van der Waals surface area contributed by atoms with Crippen molar-refractivity contribution in [3.05, 3.63) is 57.5 Å².